The molecule has 0 radical (unpaired) electrons. The Balaban J connectivity index is 1.29. The van der Waals surface area contributed by atoms with E-state index in [9.17, 15) is 0 Å². The normalized spacial score (nSPS) is 39.7. The summed E-state index contributed by atoms with van der Waals surface area (Å²) in [6, 6.07) is 1.50. The molecule has 0 aromatic rings. The van der Waals surface area contributed by atoms with Gasteiger partial charge in [-0.25, -0.2) is 0 Å². The fraction of sp³-hybridized carbons (Fsp3) is 1.00. The summed E-state index contributed by atoms with van der Waals surface area (Å²) in [4.78, 5) is 5.58. The summed E-state index contributed by atoms with van der Waals surface area (Å²) in [5.41, 5.74) is 0. The highest BCUT2D eigenvalue weighted by atomic mass is 16.5. The molecule has 4 saturated heterocycles. The van der Waals surface area contributed by atoms with Crippen molar-refractivity contribution in [2.24, 2.45) is 17.8 Å². The fourth-order valence-electron chi connectivity index (χ4n) is 5.95. The van der Waals surface area contributed by atoms with E-state index in [4.69, 9.17) is 9.47 Å². The second-order valence-corrected chi connectivity index (χ2v) is 9.26. The van der Waals surface area contributed by atoms with E-state index in [1.807, 2.05) is 0 Å². The highest BCUT2D eigenvalue weighted by molar-refractivity contribution is 4.87. The number of nitrogens with zero attached hydrogens (tertiary/aromatic N) is 2. The molecule has 4 atom stereocenters. The molecule has 144 valence electrons. The molecule has 4 fully saturated rings. The van der Waals surface area contributed by atoms with E-state index in [1.54, 1.807) is 0 Å². The molecular formula is C21H38N2O2. The zero-order valence-electron chi connectivity index (χ0n) is 16.2. The molecule has 0 aromatic carbocycles. The molecule has 0 bridgehead atoms. The van der Waals surface area contributed by atoms with E-state index in [0.29, 0.717) is 6.04 Å². The molecule has 0 aliphatic carbocycles. The summed E-state index contributed by atoms with van der Waals surface area (Å²) in [6.07, 6.45) is 9.51. The molecule has 0 aromatic heterocycles. The maximum absolute atomic E-state index is 5.65. The number of rotatable bonds is 4. The molecule has 4 nitrogen and oxygen atoms in total. The van der Waals surface area contributed by atoms with Gasteiger partial charge in [0.25, 0.3) is 0 Å². The van der Waals surface area contributed by atoms with Crippen LogP contribution in [-0.4, -0.2) is 74.5 Å². The summed E-state index contributed by atoms with van der Waals surface area (Å²) < 4.78 is 11.2. The maximum Gasteiger partial charge on any atom is 0.0622 e. The zero-order chi connectivity index (χ0) is 17.1. The van der Waals surface area contributed by atoms with Gasteiger partial charge in [0.1, 0.15) is 0 Å². The SMILES string of the molecule is CC1CC(CC2CCCN(C3CCOCC3)C2)CN(C2CCOC2)C1. The second-order valence-electron chi connectivity index (χ2n) is 9.26. The van der Waals surface area contributed by atoms with Crippen molar-refractivity contribution in [1.29, 1.82) is 0 Å². The molecule has 25 heavy (non-hydrogen) atoms. The molecule has 0 saturated carbocycles. The summed E-state index contributed by atoms with van der Waals surface area (Å²) in [7, 11) is 0. The number of piperidine rings is 2. The van der Waals surface area contributed by atoms with E-state index in [2.05, 4.69) is 16.7 Å². The van der Waals surface area contributed by atoms with Gasteiger partial charge in [-0.3, -0.25) is 9.80 Å². The molecular weight excluding hydrogens is 312 g/mol. The van der Waals surface area contributed by atoms with Gasteiger partial charge in [0.05, 0.1) is 6.61 Å². The molecule has 0 spiro atoms. The standard InChI is InChI=1S/C21H38N2O2/c1-17-11-19(15-23(13-17)21-6-10-25-16-21)12-18-3-2-7-22(14-18)20-4-8-24-9-5-20/h17-21H,2-16H2,1H3. The highest BCUT2D eigenvalue weighted by Gasteiger charge is 2.34. The average molecular weight is 351 g/mol. The third-order valence-corrected chi connectivity index (χ3v) is 7.12. The van der Waals surface area contributed by atoms with Crippen LogP contribution in [0.1, 0.15) is 51.9 Å². The lowest BCUT2D eigenvalue weighted by molar-refractivity contribution is 0.0105. The fourth-order valence-corrected chi connectivity index (χ4v) is 5.95. The Bertz CT molecular complexity index is 407. The first-order chi connectivity index (χ1) is 12.3. The minimum absolute atomic E-state index is 0.704. The van der Waals surface area contributed by atoms with Gasteiger partial charge in [-0.15, -0.1) is 0 Å². The van der Waals surface area contributed by atoms with Gasteiger partial charge in [0.2, 0.25) is 0 Å². The summed E-state index contributed by atoms with van der Waals surface area (Å²) in [5, 5.41) is 0. The first-order valence-corrected chi connectivity index (χ1v) is 10.9. The monoisotopic (exact) mass is 350 g/mol. The lowest BCUT2D eigenvalue weighted by Gasteiger charge is -2.43. The van der Waals surface area contributed by atoms with Crippen LogP contribution in [0.25, 0.3) is 0 Å². The van der Waals surface area contributed by atoms with Gasteiger partial charge in [0, 0.05) is 51.5 Å². The van der Waals surface area contributed by atoms with Gasteiger partial charge < -0.3 is 9.47 Å². The van der Waals surface area contributed by atoms with Crippen molar-refractivity contribution in [3.8, 4) is 0 Å². The van der Waals surface area contributed by atoms with E-state index >= 15 is 0 Å². The van der Waals surface area contributed by atoms with Gasteiger partial charge >= 0.3 is 0 Å². The minimum Gasteiger partial charge on any atom is -0.381 e. The van der Waals surface area contributed by atoms with Crippen LogP contribution in [0.4, 0.5) is 0 Å². The van der Waals surface area contributed by atoms with Crippen molar-refractivity contribution in [1.82, 2.24) is 9.80 Å². The Labute approximate surface area is 154 Å². The molecule has 4 unspecified atom stereocenters. The van der Waals surface area contributed by atoms with Gasteiger partial charge in [-0.1, -0.05) is 6.92 Å². The second kappa shape index (κ2) is 8.69. The smallest absolute Gasteiger partial charge is 0.0622 e. The molecule has 4 heteroatoms. The topological polar surface area (TPSA) is 24.9 Å². The lowest BCUT2D eigenvalue weighted by atomic mass is 9.80. The molecule has 4 rings (SSSR count). The molecule has 0 amide bonds. The summed E-state index contributed by atoms with van der Waals surface area (Å²) >= 11 is 0. The van der Waals surface area contributed by atoms with Gasteiger partial charge in [-0.05, 0) is 69.2 Å². The Morgan fingerprint density at radius 3 is 2.36 bits per heavy atom. The Morgan fingerprint density at radius 1 is 0.800 bits per heavy atom. The third-order valence-electron chi connectivity index (χ3n) is 7.12. The maximum atomic E-state index is 5.65. The first-order valence-electron chi connectivity index (χ1n) is 10.9. The van der Waals surface area contributed by atoms with Gasteiger partial charge in [0.15, 0.2) is 0 Å². The average Bonchev–Trinajstić information content (AvgIpc) is 3.17. The predicted molar refractivity (Wildman–Crippen MR) is 101 cm³/mol. The van der Waals surface area contributed by atoms with Crippen LogP contribution in [-0.2, 0) is 9.47 Å². The third kappa shape index (κ3) is 4.77. The molecule has 0 N–H and O–H groups in total. The van der Waals surface area contributed by atoms with E-state index in [-0.39, 0.29) is 0 Å². The summed E-state index contributed by atoms with van der Waals surface area (Å²) in [5.74, 6) is 2.69. The van der Waals surface area contributed by atoms with Crippen LogP contribution in [0.2, 0.25) is 0 Å². The molecule has 4 heterocycles. The van der Waals surface area contributed by atoms with Crippen molar-refractivity contribution in [2.75, 3.05) is 52.6 Å². The summed E-state index contributed by atoms with van der Waals surface area (Å²) in [6.45, 7) is 11.7. The van der Waals surface area contributed by atoms with Gasteiger partial charge in [-0.2, -0.15) is 0 Å². The van der Waals surface area contributed by atoms with Crippen LogP contribution < -0.4 is 0 Å². The van der Waals surface area contributed by atoms with Crippen molar-refractivity contribution in [2.45, 2.75) is 64.0 Å². The quantitative estimate of drug-likeness (QED) is 0.778. The van der Waals surface area contributed by atoms with Crippen LogP contribution in [0.3, 0.4) is 0 Å². The van der Waals surface area contributed by atoms with E-state index in [1.165, 1.54) is 71.1 Å². The van der Waals surface area contributed by atoms with Crippen LogP contribution >= 0.6 is 0 Å². The van der Waals surface area contributed by atoms with E-state index < -0.39 is 0 Å². The van der Waals surface area contributed by atoms with Crippen LogP contribution in [0, 0.1) is 17.8 Å². The Hall–Kier alpha value is -0.160. The van der Waals surface area contributed by atoms with Crippen LogP contribution in [0.15, 0.2) is 0 Å². The van der Waals surface area contributed by atoms with Crippen LogP contribution in [0.5, 0.6) is 0 Å². The van der Waals surface area contributed by atoms with E-state index in [0.717, 1.165) is 50.2 Å². The Morgan fingerprint density at radius 2 is 1.56 bits per heavy atom. The number of hydrogen-bond acceptors (Lipinski definition) is 4. The van der Waals surface area contributed by atoms with Crippen molar-refractivity contribution < 1.29 is 9.47 Å². The number of ether oxygens (including phenoxy) is 2. The molecule has 4 aliphatic heterocycles. The largest absolute Gasteiger partial charge is 0.381 e. The highest BCUT2D eigenvalue weighted by Crippen LogP contribution is 2.33. The van der Waals surface area contributed by atoms with Crippen molar-refractivity contribution in [3.05, 3.63) is 0 Å². The zero-order valence-corrected chi connectivity index (χ0v) is 16.2. The Kier molecular flexibility index (Phi) is 6.33. The molecule has 4 aliphatic rings. The number of likely N-dealkylation sites (tertiary alicyclic amines) is 2. The minimum atomic E-state index is 0.704. The number of hydrogen-bond donors (Lipinski definition) is 0. The predicted octanol–water partition coefficient (Wildman–Crippen LogP) is 3.01. The van der Waals surface area contributed by atoms with Crippen molar-refractivity contribution in [3.63, 3.8) is 0 Å². The first kappa shape index (κ1) is 18.2. The lowest BCUT2D eigenvalue weighted by Crippen LogP contribution is -2.48. The van der Waals surface area contributed by atoms with Crippen molar-refractivity contribution >= 4 is 0 Å².